The zero-order valence-corrected chi connectivity index (χ0v) is 18.3. The molecule has 1 saturated heterocycles. The molecule has 6 nitrogen and oxygen atoms in total. The molecular weight excluding hydrogens is 388 g/mol. The SMILES string of the molecule is CCC(=O)OC1CCN(c2nnc(-c3ccc(C)cc3)c(-c3ccc(C)cc3)n2)CC1. The topological polar surface area (TPSA) is 68.2 Å². The van der Waals surface area contributed by atoms with Crippen LogP contribution in [0.5, 0.6) is 0 Å². The maximum Gasteiger partial charge on any atom is 0.305 e. The molecule has 0 unspecified atom stereocenters. The lowest BCUT2D eigenvalue weighted by Gasteiger charge is -2.31. The van der Waals surface area contributed by atoms with Gasteiger partial charge in [0.25, 0.3) is 0 Å². The number of ether oxygens (including phenoxy) is 1. The van der Waals surface area contributed by atoms with Gasteiger partial charge in [0, 0.05) is 43.5 Å². The lowest BCUT2D eigenvalue weighted by Crippen LogP contribution is -2.39. The van der Waals surface area contributed by atoms with Gasteiger partial charge in [-0.25, -0.2) is 4.98 Å². The molecule has 1 aliphatic rings. The van der Waals surface area contributed by atoms with Gasteiger partial charge in [0.05, 0.1) is 0 Å². The van der Waals surface area contributed by atoms with Crippen LogP contribution < -0.4 is 4.90 Å². The standard InChI is InChI=1S/C25H28N4O2/c1-4-22(30)31-21-13-15-29(16-14-21)25-26-23(19-9-5-17(2)6-10-19)24(27-28-25)20-11-7-18(3)8-12-20/h5-12,21H,4,13-16H2,1-3H3. The Hall–Kier alpha value is -3.28. The second-order valence-electron chi connectivity index (χ2n) is 8.07. The Labute approximate surface area is 183 Å². The van der Waals surface area contributed by atoms with E-state index in [0.29, 0.717) is 12.4 Å². The second-order valence-corrected chi connectivity index (χ2v) is 8.07. The third-order valence-corrected chi connectivity index (χ3v) is 5.64. The van der Waals surface area contributed by atoms with Crippen LogP contribution in [-0.4, -0.2) is 40.3 Å². The third-order valence-electron chi connectivity index (χ3n) is 5.64. The van der Waals surface area contributed by atoms with Crippen molar-refractivity contribution >= 4 is 11.9 Å². The van der Waals surface area contributed by atoms with Crippen molar-refractivity contribution in [3.63, 3.8) is 0 Å². The molecule has 0 spiro atoms. The molecule has 0 aliphatic carbocycles. The summed E-state index contributed by atoms with van der Waals surface area (Å²) >= 11 is 0. The van der Waals surface area contributed by atoms with E-state index in [2.05, 4.69) is 77.5 Å². The van der Waals surface area contributed by atoms with E-state index in [1.807, 2.05) is 6.92 Å². The molecule has 2 aromatic carbocycles. The van der Waals surface area contributed by atoms with Crippen molar-refractivity contribution in [3.05, 3.63) is 59.7 Å². The second kappa shape index (κ2) is 9.25. The van der Waals surface area contributed by atoms with Crippen LogP contribution in [0, 0.1) is 13.8 Å². The van der Waals surface area contributed by atoms with Crippen LogP contribution in [0.2, 0.25) is 0 Å². The van der Waals surface area contributed by atoms with E-state index in [1.54, 1.807) is 0 Å². The number of carbonyl (C=O) groups is 1. The summed E-state index contributed by atoms with van der Waals surface area (Å²) in [5.41, 5.74) is 6.02. The minimum Gasteiger partial charge on any atom is -0.462 e. The lowest BCUT2D eigenvalue weighted by molar-refractivity contribution is -0.149. The summed E-state index contributed by atoms with van der Waals surface area (Å²) in [6.45, 7) is 7.43. The fourth-order valence-corrected chi connectivity index (χ4v) is 3.71. The highest BCUT2D eigenvalue weighted by Crippen LogP contribution is 2.30. The molecule has 0 N–H and O–H groups in total. The van der Waals surface area contributed by atoms with Gasteiger partial charge < -0.3 is 9.64 Å². The Balaban J connectivity index is 1.63. The largest absolute Gasteiger partial charge is 0.462 e. The van der Waals surface area contributed by atoms with E-state index < -0.39 is 0 Å². The first kappa shape index (κ1) is 21.0. The van der Waals surface area contributed by atoms with Gasteiger partial charge in [-0.3, -0.25) is 4.79 Å². The van der Waals surface area contributed by atoms with Gasteiger partial charge in [-0.1, -0.05) is 66.6 Å². The zero-order chi connectivity index (χ0) is 21.8. The van der Waals surface area contributed by atoms with Gasteiger partial charge in [-0.15, -0.1) is 10.2 Å². The molecule has 0 amide bonds. The van der Waals surface area contributed by atoms with Crippen LogP contribution in [0.15, 0.2) is 48.5 Å². The lowest BCUT2D eigenvalue weighted by atomic mass is 10.0. The normalized spacial score (nSPS) is 14.5. The van der Waals surface area contributed by atoms with Crippen LogP contribution in [-0.2, 0) is 9.53 Å². The average Bonchev–Trinajstić information content (AvgIpc) is 2.80. The molecule has 160 valence electrons. The molecule has 0 radical (unpaired) electrons. The first-order chi connectivity index (χ1) is 15.0. The number of hydrogen-bond donors (Lipinski definition) is 0. The van der Waals surface area contributed by atoms with E-state index in [0.717, 1.165) is 48.4 Å². The van der Waals surface area contributed by atoms with Crippen molar-refractivity contribution in [2.24, 2.45) is 0 Å². The maximum absolute atomic E-state index is 11.6. The molecular formula is C25H28N4O2. The molecule has 4 rings (SSSR count). The number of piperidine rings is 1. The third kappa shape index (κ3) is 4.90. The van der Waals surface area contributed by atoms with Crippen LogP contribution in [0.25, 0.3) is 22.5 Å². The Kier molecular flexibility index (Phi) is 6.26. The quantitative estimate of drug-likeness (QED) is 0.560. The first-order valence-corrected chi connectivity index (χ1v) is 10.9. The fourth-order valence-electron chi connectivity index (χ4n) is 3.71. The van der Waals surface area contributed by atoms with E-state index in [9.17, 15) is 4.79 Å². The highest BCUT2D eigenvalue weighted by Gasteiger charge is 2.25. The Morgan fingerprint density at radius 3 is 2.00 bits per heavy atom. The number of anilines is 1. The van der Waals surface area contributed by atoms with Crippen molar-refractivity contribution in [1.82, 2.24) is 15.2 Å². The number of aromatic nitrogens is 3. The van der Waals surface area contributed by atoms with Crippen molar-refractivity contribution in [3.8, 4) is 22.5 Å². The highest BCUT2D eigenvalue weighted by molar-refractivity contribution is 5.78. The smallest absolute Gasteiger partial charge is 0.305 e. The Morgan fingerprint density at radius 1 is 0.903 bits per heavy atom. The number of hydrogen-bond acceptors (Lipinski definition) is 6. The molecule has 1 aromatic heterocycles. The number of benzene rings is 2. The minimum atomic E-state index is -0.138. The summed E-state index contributed by atoms with van der Waals surface area (Å²) in [7, 11) is 0. The number of carbonyl (C=O) groups excluding carboxylic acids is 1. The van der Waals surface area contributed by atoms with E-state index in [-0.39, 0.29) is 12.1 Å². The van der Waals surface area contributed by atoms with Crippen molar-refractivity contribution in [1.29, 1.82) is 0 Å². The van der Waals surface area contributed by atoms with Crippen LogP contribution in [0.1, 0.15) is 37.3 Å². The monoisotopic (exact) mass is 416 g/mol. The number of aryl methyl sites for hydroxylation is 2. The Bertz CT molecular complexity index is 1040. The van der Waals surface area contributed by atoms with Crippen LogP contribution in [0.3, 0.4) is 0 Å². The van der Waals surface area contributed by atoms with Gasteiger partial charge in [0.2, 0.25) is 5.95 Å². The highest BCUT2D eigenvalue weighted by atomic mass is 16.5. The zero-order valence-electron chi connectivity index (χ0n) is 18.3. The fraction of sp³-hybridized carbons (Fsp3) is 0.360. The molecule has 0 atom stereocenters. The predicted octanol–water partition coefficient (Wildman–Crippen LogP) is 4.74. The molecule has 6 heteroatoms. The van der Waals surface area contributed by atoms with E-state index in [1.165, 1.54) is 11.1 Å². The first-order valence-electron chi connectivity index (χ1n) is 10.9. The summed E-state index contributed by atoms with van der Waals surface area (Å²) < 4.78 is 5.49. The number of rotatable bonds is 5. The number of esters is 1. The maximum atomic E-state index is 11.6. The van der Waals surface area contributed by atoms with Crippen molar-refractivity contribution < 1.29 is 9.53 Å². The van der Waals surface area contributed by atoms with Gasteiger partial charge in [-0.2, -0.15) is 0 Å². The molecule has 1 fully saturated rings. The van der Waals surface area contributed by atoms with Crippen LogP contribution in [0.4, 0.5) is 5.95 Å². The molecule has 3 aromatic rings. The molecule has 1 aliphatic heterocycles. The predicted molar refractivity (Wildman–Crippen MR) is 122 cm³/mol. The molecule has 2 heterocycles. The summed E-state index contributed by atoms with van der Waals surface area (Å²) in [4.78, 5) is 18.6. The van der Waals surface area contributed by atoms with Crippen molar-refractivity contribution in [2.75, 3.05) is 18.0 Å². The summed E-state index contributed by atoms with van der Waals surface area (Å²) in [6, 6.07) is 16.6. The van der Waals surface area contributed by atoms with Gasteiger partial charge in [0.15, 0.2) is 0 Å². The Morgan fingerprint density at radius 2 is 1.45 bits per heavy atom. The number of nitrogens with zero attached hydrogens (tertiary/aromatic N) is 4. The van der Waals surface area contributed by atoms with Gasteiger partial charge >= 0.3 is 5.97 Å². The summed E-state index contributed by atoms with van der Waals surface area (Å²) in [5.74, 6) is 0.479. The molecule has 0 bridgehead atoms. The summed E-state index contributed by atoms with van der Waals surface area (Å²) in [5, 5.41) is 9.06. The van der Waals surface area contributed by atoms with Gasteiger partial charge in [-0.05, 0) is 13.8 Å². The summed E-state index contributed by atoms with van der Waals surface area (Å²) in [6.07, 6.45) is 1.93. The van der Waals surface area contributed by atoms with Crippen molar-refractivity contribution in [2.45, 2.75) is 46.1 Å². The van der Waals surface area contributed by atoms with E-state index in [4.69, 9.17) is 9.72 Å². The average molecular weight is 417 g/mol. The van der Waals surface area contributed by atoms with E-state index >= 15 is 0 Å². The van der Waals surface area contributed by atoms with Gasteiger partial charge in [0.1, 0.15) is 17.5 Å². The molecule has 0 saturated carbocycles. The minimum absolute atomic E-state index is 0.0277. The van der Waals surface area contributed by atoms with Crippen LogP contribution >= 0.6 is 0 Å². The molecule has 31 heavy (non-hydrogen) atoms.